The number of carbonyl (C=O) groups is 1. The Labute approximate surface area is 151 Å². The molecular formula is C19H19N3O4. The summed E-state index contributed by atoms with van der Waals surface area (Å²) in [5.41, 5.74) is 1.84. The summed E-state index contributed by atoms with van der Waals surface area (Å²) >= 11 is 0. The molecule has 2 aromatic heterocycles. The van der Waals surface area contributed by atoms with Gasteiger partial charge in [0.1, 0.15) is 17.3 Å². The first-order valence-electron chi connectivity index (χ1n) is 7.94. The maximum Gasteiger partial charge on any atom is 0.253 e. The Bertz CT molecular complexity index is 878. The standard InChI is InChI=1S/C19H19N3O4/c1-24-15-5-6-17(18(9-15)25-2)22-14-8-13(10-20-11-14)19(23)21-12-16-4-3-7-26-16/h3-11,22H,12H2,1-2H3,(H,21,23). The van der Waals surface area contributed by atoms with Gasteiger partial charge in [0, 0.05) is 12.3 Å². The zero-order chi connectivity index (χ0) is 18.4. The Balaban J connectivity index is 1.72. The number of hydrogen-bond donors (Lipinski definition) is 2. The average Bonchev–Trinajstić information content (AvgIpc) is 3.20. The van der Waals surface area contributed by atoms with Gasteiger partial charge in [-0.2, -0.15) is 0 Å². The average molecular weight is 353 g/mol. The molecule has 7 heteroatoms. The second-order valence-electron chi connectivity index (χ2n) is 5.42. The Morgan fingerprint density at radius 2 is 2.04 bits per heavy atom. The molecular weight excluding hydrogens is 334 g/mol. The zero-order valence-electron chi connectivity index (χ0n) is 14.5. The Morgan fingerprint density at radius 3 is 2.77 bits per heavy atom. The summed E-state index contributed by atoms with van der Waals surface area (Å²) in [5.74, 6) is 1.76. The molecule has 3 rings (SSSR count). The molecule has 26 heavy (non-hydrogen) atoms. The predicted octanol–water partition coefficient (Wildman–Crippen LogP) is 3.37. The van der Waals surface area contributed by atoms with Gasteiger partial charge in [-0.15, -0.1) is 0 Å². The monoisotopic (exact) mass is 353 g/mol. The molecule has 0 aliphatic carbocycles. The van der Waals surface area contributed by atoms with E-state index in [9.17, 15) is 4.79 Å². The zero-order valence-corrected chi connectivity index (χ0v) is 14.5. The molecule has 2 heterocycles. The number of ether oxygens (including phenoxy) is 2. The van der Waals surface area contributed by atoms with Crippen LogP contribution in [-0.4, -0.2) is 25.1 Å². The van der Waals surface area contributed by atoms with Crippen molar-refractivity contribution in [3.05, 3.63) is 66.4 Å². The van der Waals surface area contributed by atoms with E-state index >= 15 is 0 Å². The van der Waals surface area contributed by atoms with Crippen LogP contribution in [0.3, 0.4) is 0 Å². The maximum atomic E-state index is 12.3. The van der Waals surface area contributed by atoms with Gasteiger partial charge >= 0.3 is 0 Å². The molecule has 1 aromatic carbocycles. The molecule has 3 aromatic rings. The van der Waals surface area contributed by atoms with Gasteiger partial charge in [-0.3, -0.25) is 9.78 Å². The SMILES string of the molecule is COc1ccc(Nc2cncc(C(=O)NCc3ccco3)c2)c(OC)c1. The third-order valence-electron chi connectivity index (χ3n) is 3.69. The van der Waals surface area contributed by atoms with Crippen molar-refractivity contribution in [2.45, 2.75) is 6.54 Å². The van der Waals surface area contributed by atoms with Gasteiger partial charge in [-0.1, -0.05) is 0 Å². The molecule has 0 fully saturated rings. The van der Waals surface area contributed by atoms with E-state index in [0.29, 0.717) is 35.1 Å². The molecule has 0 aliphatic rings. The number of benzene rings is 1. The minimum absolute atomic E-state index is 0.237. The van der Waals surface area contributed by atoms with Gasteiger partial charge in [0.05, 0.1) is 50.2 Å². The van der Waals surface area contributed by atoms with E-state index in [4.69, 9.17) is 13.9 Å². The van der Waals surface area contributed by atoms with Gasteiger partial charge in [0.25, 0.3) is 5.91 Å². The van der Waals surface area contributed by atoms with Crippen molar-refractivity contribution >= 4 is 17.3 Å². The van der Waals surface area contributed by atoms with Crippen molar-refractivity contribution in [2.75, 3.05) is 19.5 Å². The topological polar surface area (TPSA) is 85.6 Å². The lowest BCUT2D eigenvalue weighted by Gasteiger charge is -2.13. The lowest BCUT2D eigenvalue weighted by atomic mass is 10.2. The van der Waals surface area contributed by atoms with Crippen molar-refractivity contribution in [1.82, 2.24) is 10.3 Å². The largest absolute Gasteiger partial charge is 0.497 e. The lowest BCUT2D eigenvalue weighted by molar-refractivity contribution is 0.0947. The minimum Gasteiger partial charge on any atom is -0.497 e. The number of hydrogen-bond acceptors (Lipinski definition) is 6. The number of methoxy groups -OCH3 is 2. The molecule has 0 unspecified atom stereocenters. The van der Waals surface area contributed by atoms with Crippen LogP contribution < -0.4 is 20.1 Å². The number of nitrogens with one attached hydrogen (secondary N) is 2. The first-order valence-corrected chi connectivity index (χ1v) is 7.94. The van der Waals surface area contributed by atoms with E-state index in [-0.39, 0.29) is 5.91 Å². The van der Waals surface area contributed by atoms with Crippen LogP contribution in [0, 0.1) is 0 Å². The number of carbonyl (C=O) groups excluding carboxylic acids is 1. The van der Waals surface area contributed by atoms with Crippen LogP contribution in [0.4, 0.5) is 11.4 Å². The number of furan rings is 1. The number of pyridine rings is 1. The predicted molar refractivity (Wildman–Crippen MR) is 96.9 cm³/mol. The first kappa shape index (κ1) is 17.3. The van der Waals surface area contributed by atoms with E-state index in [1.807, 2.05) is 12.1 Å². The van der Waals surface area contributed by atoms with Crippen LogP contribution >= 0.6 is 0 Å². The van der Waals surface area contributed by atoms with Crippen molar-refractivity contribution in [3.8, 4) is 11.5 Å². The summed E-state index contributed by atoms with van der Waals surface area (Å²) in [7, 11) is 3.17. The normalized spacial score (nSPS) is 10.2. The number of aromatic nitrogens is 1. The molecule has 1 amide bonds. The number of anilines is 2. The van der Waals surface area contributed by atoms with Crippen LogP contribution in [0.1, 0.15) is 16.1 Å². The van der Waals surface area contributed by atoms with Gasteiger partial charge < -0.3 is 24.5 Å². The van der Waals surface area contributed by atoms with Crippen molar-refractivity contribution < 1.29 is 18.7 Å². The van der Waals surface area contributed by atoms with Crippen LogP contribution in [0.2, 0.25) is 0 Å². The number of rotatable bonds is 7. The van der Waals surface area contributed by atoms with Crippen molar-refractivity contribution in [3.63, 3.8) is 0 Å². The molecule has 0 radical (unpaired) electrons. The smallest absolute Gasteiger partial charge is 0.253 e. The molecule has 0 atom stereocenters. The van der Waals surface area contributed by atoms with Crippen molar-refractivity contribution in [2.24, 2.45) is 0 Å². The molecule has 0 aliphatic heterocycles. The number of amides is 1. The van der Waals surface area contributed by atoms with Crippen LogP contribution in [0.15, 0.2) is 59.5 Å². The Hall–Kier alpha value is -3.48. The van der Waals surface area contributed by atoms with Crippen molar-refractivity contribution in [1.29, 1.82) is 0 Å². The fourth-order valence-electron chi connectivity index (χ4n) is 2.37. The highest BCUT2D eigenvalue weighted by Gasteiger charge is 2.10. The molecule has 0 spiro atoms. The third kappa shape index (κ3) is 4.13. The molecule has 0 saturated heterocycles. The Kier molecular flexibility index (Phi) is 5.38. The third-order valence-corrected chi connectivity index (χ3v) is 3.69. The summed E-state index contributed by atoms with van der Waals surface area (Å²) in [6.07, 6.45) is 4.71. The molecule has 7 nitrogen and oxygen atoms in total. The molecule has 2 N–H and O–H groups in total. The van der Waals surface area contributed by atoms with E-state index in [1.165, 1.54) is 6.20 Å². The highest BCUT2D eigenvalue weighted by molar-refractivity contribution is 5.94. The number of nitrogens with zero attached hydrogens (tertiary/aromatic N) is 1. The van der Waals surface area contributed by atoms with E-state index in [0.717, 1.165) is 5.69 Å². The first-order chi connectivity index (χ1) is 12.7. The van der Waals surface area contributed by atoms with Crippen LogP contribution in [-0.2, 0) is 6.54 Å². The molecule has 0 bridgehead atoms. The van der Waals surface area contributed by atoms with E-state index < -0.39 is 0 Å². The summed E-state index contributed by atoms with van der Waals surface area (Å²) in [6.45, 7) is 0.315. The molecule has 0 saturated carbocycles. The Morgan fingerprint density at radius 1 is 1.15 bits per heavy atom. The highest BCUT2D eigenvalue weighted by Crippen LogP contribution is 2.31. The molecule has 134 valence electrons. The summed E-state index contributed by atoms with van der Waals surface area (Å²) in [5, 5.41) is 5.99. The van der Waals surface area contributed by atoms with Gasteiger partial charge in [0.15, 0.2) is 0 Å². The lowest BCUT2D eigenvalue weighted by Crippen LogP contribution is -2.22. The maximum absolute atomic E-state index is 12.3. The van der Waals surface area contributed by atoms with E-state index in [1.54, 1.807) is 50.9 Å². The second kappa shape index (κ2) is 8.06. The van der Waals surface area contributed by atoms with E-state index in [2.05, 4.69) is 15.6 Å². The van der Waals surface area contributed by atoms with Crippen LogP contribution in [0.25, 0.3) is 0 Å². The van der Waals surface area contributed by atoms with Crippen LogP contribution in [0.5, 0.6) is 11.5 Å². The summed E-state index contributed by atoms with van der Waals surface area (Å²) in [4.78, 5) is 16.4. The van der Waals surface area contributed by atoms with Gasteiger partial charge in [-0.05, 0) is 30.3 Å². The van der Waals surface area contributed by atoms with Gasteiger partial charge in [-0.25, -0.2) is 0 Å². The fraction of sp³-hybridized carbons (Fsp3) is 0.158. The van der Waals surface area contributed by atoms with Gasteiger partial charge in [0.2, 0.25) is 0 Å². The fourth-order valence-corrected chi connectivity index (χ4v) is 2.37. The highest BCUT2D eigenvalue weighted by atomic mass is 16.5. The quantitative estimate of drug-likeness (QED) is 0.677. The summed E-state index contributed by atoms with van der Waals surface area (Å²) in [6, 6.07) is 10.7. The summed E-state index contributed by atoms with van der Waals surface area (Å²) < 4.78 is 15.8. The minimum atomic E-state index is -0.237. The second-order valence-corrected chi connectivity index (χ2v) is 5.42.